The summed E-state index contributed by atoms with van der Waals surface area (Å²) in [4.78, 5) is 3.93. The molecule has 0 unspecified atom stereocenters. The average Bonchev–Trinajstić information content (AvgIpc) is 2.90. The molecule has 0 aliphatic rings. The third-order valence-electron chi connectivity index (χ3n) is 6.03. The van der Waals surface area contributed by atoms with Crippen LogP contribution in [0.1, 0.15) is 22.3 Å². The summed E-state index contributed by atoms with van der Waals surface area (Å²) in [6.07, 6.45) is 0. The Balaban J connectivity index is 1.57. The number of hydrogen-bond acceptors (Lipinski definition) is 6. The van der Waals surface area contributed by atoms with Crippen molar-refractivity contribution < 1.29 is 0 Å². The first-order valence-electron chi connectivity index (χ1n) is 11.9. The van der Waals surface area contributed by atoms with Crippen LogP contribution in [0.5, 0.6) is 0 Å². The maximum Gasteiger partial charge on any atom is 0.273 e. The van der Waals surface area contributed by atoms with Gasteiger partial charge in [0.2, 0.25) is 0 Å². The molecule has 4 aromatic carbocycles. The Hall–Kier alpha value is -4.58. The van der Waals surface area contributed by atoms with Crippen LogP contribution in [0.3, 0.4) is 0 Å². The number of hydrogen-bond donors (Lipinski definition) is 0. The summed E-state index contributed by atoms with van der Waals surface area (Å²) < 4.78 is 0. The zero-order valence-electron chi connectivity index (χ0n) is 20.9. The van der Waals surface area contributed by atoms with E-state index in [4.69, 9.17) is 0 Å². The van der Waals surface area contributed by atoms with Crippen molar-refractivity contribution in [2.45, 2.75) is 27.7 Å². The molecule has 0 aliphatic heterocycles. The molecule has 1 aromatic heterocycles. The van der Waals surface area contributed by atoms with Crippen LogP contribution >= 0.6 is 0 Å². The second kappa shape index (κ2) is 9.96. The normalized spacial score (nSPS) is 10.8. The number of nitrogens with zero attached hydrogens (tertiary/aromatic N) is 6. The van der Waals surface area contributed by atoms with Crippen molar-refractivity contribution in [2.24, 2.45) is 0 Å². The smallest absolute Gasteiger partial charge is 0.273 e. The summed E-state index contributed by atoms with van der Waals surface area (Å²) in [6, 6.07) is 33.0. The maximum atomic E-state index is 4.54. The molecule has 0 bridgehead atoms. The lowest BCUT2D eigenvalue weighted by atomic mass is 10.1. The molecule has 178 valence electrons. The minimum Gasteiger partial charge on any atom is -0.277 e. The van der Waals surface area contributed by atoms with Gasteiger partial charge in [-0.2, -0.15) is 0 Å². The maximum absolute atomic E-state index is 4.54. The van der Waals surface area contributed by atoms with Gasteiger partial charge in [-0.3, -0.25) is 9.80 Å². The van der Waals surface area contributed by atoms with E-state index in [1.54, 1.807) is 0 Å². The highest BCUT2D eigenvalue weighted by Crippen LogP contribution is 2.34. The Labute approximate surface area is 211 Å². The van der Waals surface area contributed by atoms with Gasteiger partial charge in [-0.15, -0.1) is 20.4 Å². The molecule has 0 spiro atoms. The van der Waals surface area contributed by atoms with E-state index in [0.29, 0.717) is 11.9 Å². The minimum atomic E-state index is 0.402. The van der Waals surface area contributed by atoms with Gasteiger partial charge in [-0.05, 0) is 76.2 Å². The van der Waals surface area contributed by atoms with Crippen molar-refractivity contribution in [2.75, 3.05) is 9.80 Å². The standard InChI is InChI=1S/C30H28N6/c1-21-5-13-25(14-6-21)35(26-15-7-22(2)8-16-26)29-31-33-30(34-32-29)36(27-17-9-23(3)10-18-27)28-19-11-24(4)12-20-28/h5-20H,1-4H3. The average molecular weight is 473 g/mol. The van der Waals surface area contributed by atoms with Gasteiger partial charge in [0.05, 0.1) is 0 Å². The second-order valence-corrected chi connectivity index (χ2v) is 9.01. The lowest BCUT2D eigenvalue weighted by Crippen LogP contribution is -2.19. The fourth-order valence-electron chi connectivity index (χ4n) is 3.93. The Bertz CT molecular complexity index is 1220. The third kappa shape index (κ3) is 4.93. The summed E-state index contributed by atoms with van der Waals surface area (Å²) >= 11 is 0. The number of anilines is 6. The zero-order valence-corrected chi connectivity index (χ0v) is 20.9. The molecule has 6 nitrogen and oxygen atoms in total. The molecule has 0 saturated carbocycles. The van der Waals surface area contributed by atoms with Gasteiger partial charge in [0.1, 0.15) is 0 Å². The highest BCUT2D eigenvalue weighted by atomic mass is 15.5. The van der Waals surface area contributed by atoms with Gasteiger partial charge in [0.15, 0.2) is 0 Å². The van der Waals surface area contributed by atoms with Crippen LogP contribution in [0.15, 0.2) is 97.1 Å². The van der Waals surface area contributed by atoms with Gasteiger partial charge in [-0.25, -0.2) is 0 Å². The lowest BCUT2D eigenvalue weighted by Gasteiger charge is -2.24. The SMILES string of the molecule is Cc1ccc(N(c2ccc(C)cc2)c2nnc(N(c3ccc(C)cc3)c3ccc(C)cc3)nn2)cc1. The summed E-state index contributed by atoms with van der Waals surface area (Å²) in [5.74, 6) is 0.804. The Morgan fingerprint density at radius 2 is 0.528 bits per heavy atom. The molecule has 0 fully saturated rings. The molecular weight excluding hydrogens is 444 g/mol. The van der Waals surface area contributed by atoms with Gasteiger partial charge in [-0.1, -0.05) is 70.8 Å². The largest absolute Gasteiger partial charge is 0.277 e. The quantitative estimate of drug-likeness (QED) is 0.256. The molecule has 6 heteroatoms. The summed E-state index contributed by atoms with van der Waals surface area (Å²) in [5, 5.41) is 18.2. The van der Waals surface area contributed by atoms with E-state index in [1.807, 2.05) is 9.80 Å². The van der Waals surface area contributed by atoms with Crippen LogP contribution in [0.4, 0.5) is 34.6 Å². The third-order valence-corrected chi connectivity index (χ3v) is 6.03. The second-order valence-electron chi connectivity index (χ2n) is 9.01. The van der Waals surface area contributed by atoms with Crippen LogP contribution in [-0.2, 0) is 0 Å². The Kier molecular flexibility index (Phi) is 6.41. The van der Waals surface area contributed by atoms with Crippen molar-refractivity contribution in [3.8, 4) is 0 Å². The van der Waals surface area contributed by atoms with E-state index in [0.717, 1.165) is 22.7 Å². The summed E-state index contributed by atoms with van der Waals surface area (Å²) in [6.45, 7) is 8.27. The minimum absolute atomic E-state index is 0.402. The van der Waals surface area contributed by atoms with Crippen molar-refractivity contribution in [3.63, 3.8) is 0 Å². The van der Waals surface area contributed by atoms with E-state index in [-0.39, 0.29) is 0 Å². The molecule has 5 rings (SSSR count). The van der Waals surface area contributed by atoms with Gasteiger partial charge in [0.25, 0.3) is 11.9 Å². The van der Waals surface area contributed by atoms with E-state index in [2.05, 4.69) is 145 Å². The number of benzene rings is 4. The van der Waals surface area contributed by atoms with Crippen LogP contribution in [-0.4, -0.2) is 20.4 Å². The molecule has 0 saturated heterocycles. The molecule has 1 heterocycles. The first-order chi connectivity index (χ1) is 17.5. The predicted molar refractivity (Wildman–Crippen MR) is 146 cm³/mol. The van der Waals surface area contributed by atoms with Crippen molar-refractivity contribution in [1.29, 1.82) is 0 Å². The fourth-order valence-corrected chi connectivity index (χ4v) is 3.93. The molecule has 0 radical (unpaired) electrons. The summed E-state index contributed by atoms with van der Waals surface area (Å²) in [5.41, 5.74) is 8.49. The Morgan fingerprint density at radius 1 is 0.333 bits per heavy atom. The van der Waals surface area contributed by atoms with Crippen molar-refractivity contribution in [1.82, 2.24) is 20.4 Å². The highest BCUT2D eigenvalue weighted by molar-refractivity contribution is 5.74. The van der Waals surface area contributed by atoms with E-state index >= 15 is 0 Å². The van der Waals surface area contributed by atoms with Crippen LogP contribution in [0.2, 0.25) is 0 Å². The highest BCUT2D eigenvalue weighted by Gasteiger charge is 2.20. The number of aromatic nitrogens is 4. The van der Waals surface area contributed by atoms with E-state index in [1.165, 1.54) is 22.3 Å². The van der Waals surface area contributed by atoms with Crippen molar-refractivity contribution in [3.05, 3.63) is 119 Å². The van der Waals surface area contributed by atoms with Crippen LogP contribution < -0.4 is 9.80 Å². The molecule has 36 heavy (non-hydrogen) atoms. The number of aryl methyl sites for hydroxylation is 4. The molecule has 0 amide bonds. The molecule has 0 atom stereocenters. The monoisotopic (exact) mass is 472 g/mol. The van der Waals surface area contributed by atoms with E-state index < -0.39 is 0 Å². The lowest BCUT2D eigenvalue weighted by molar-refractivity contribution is 0.834. The number of rotatable bonds is 6. The zero-order chi connectivity index (χ0) is 25.1. The van der Waals surface area contributed by atoms with Gasteiger partial charge in [0, 0.05) is 22.7 Å². The molecule has 0 N–H and O–H groups in total. The van der Waals surface area contributed by atoms with Crippen LogP contribution in [0, 0.1) is 27.7 Å². The summed E-state index contributed by atoms with van der Waals surface area (Å²) in [7, 11) is 0. The predicted octanol–water partition coefficient (Wildman–Crippen LogP) is 7.44. The first kappa shape index (κ1) is 23.2. The Morgan fingerprint density at radius 3 is 0.722 bits per heavy atom. The molecule has 5 aromatic rings. The van der Waals surface area contributed by atoms with Gasteiger partial charge >= 0.3 is 0 Å². The first-order valence-corrected chi connectivity index (χ1v) is 11.9. The molecular formula is C30H28N6. The van der Waals surface area contributed by atoms with Gasteiger partial charge < -0.3 is 0 Å². The van der Waals surface area contributed by atoms with Crippen molar-refractivity contribution >= 4 is 34.6 Å². The fraction of sp³-hybridized carbons (Fsp3) is 0.133. The van der Waals surface area contributed by atoms with Crippen LogP contribution in [0.25, 0.3) is 0 Å². The van der Waals surface area contributed by atoms with E-state index in [9.17, 15) is 0 Å². The topological polar surface area (TPSA) is 58.0 Å². The molecule has 0 aliphatic carbocycles.